The molecule has 0 aliphatic heterocycles. The minimum absolute atomic E-state index is 0.265. The average Bonchev–Trinajstić information content (AvgIpc) is 2.40. The molecule has 1 aromatic rings. The van der Waals surface area contributed by atoms with Crippen molar-refractivity contribution in [2.75, 3.05) is 19.8 Å². The lowest BCUT2D eigenvalue weighted by Crippen LogP contribution is -2.26. The standard InChI is InChI=1S/C14H20O5/c1-3-17-11-7-5-6-8-12(11)19-10-9-13(14(15)16)18-4-2/h5-8,13H,3-4,9-10H2,1-2H3,(H,15,16). The number of hydrogen-bond donors (Lipinski definition) is 1. The van der Waals surface area contributed by atoms with Gasteiger partial charge in [0, 0.05) is 13.0 Å². The fourth-order valence-corrected chi connectivity index (χ4v) is 1.60. The van der Waals surface area contributed by atoms with Crippen molar-refractivity contribution in [3.8, 4) is 11.5 Å². The smallest absolute Gasteiger partial charge is 0.332 e. The summed E-state index contributed by atoms with van der Waals surface area (Å²) in [6.45, 7) is 4.85. The van der Waals surface area contributed by atoms with Gasteiger partial charge in [0.15, 0.2) is 17.6 Å². The Morgan fingerprint density at radius 1 is 1.16 bits per heavy atom. The summed E-state index contributed by atoms with van der Waals surface area (Å²) >= 11 is 0. The summed E-state index contributed by atoms with van der Waals surface area (Å²) < 4.78 is 16.1. The van der Waals surface area contributed by atoms with Crippen molar-refractivity contribution in [3.63, 3.8) is 0 Å². The molecule has 0 fully saturated rings. The molecule has 5 nitrogen and oxygen atoms in total. The molecule has 0 radical (unpaired) electrons. The molecular weight excluding hydrogens is 248 g/mol. The fourth-order valence-electron chi connectivity index (χ4n) is 1.60. The predicted molar refractivity (Wildman–Crippen MR) is 70.8 cm³/mol. The first-order valence-electron chi connectivity index (χ1n) is 6.38. The highest BCUT2D eigenvalue weighted by atomic mass is 16.5. The van der Waals surface area contributed by atoms with Crippen LogP contribution in [0.2, 0.25) is 0 Å². The number of para-hydroxylation sites is 2. The Bertz CT molecular complexity index is 391. The highest BCUT2D eigenvalue weighted by molar-refractivity contribution is 5.72. The predicted octanol–water partition coefficient (Wildman–Crippen LogP) is 2.34. The molecule has 0 aromatic heterocycles. The Kier molecular flexibility index (Phi) is 6.74. The number of ether oxygens (including phenoxy) is 3. The summed E-state index contributed by atoms with van der Waals surface area (Å²) in [7, 11) is 0. The lowest BCUT2D eigenvalue weighted by molar-refractivity contribution is -0.150. The largest absolute Gasteiger partial charge is 0.490 e. The van der Waals surface area contributed by atoms with E-state index in [1.54, 1.807) is 13.0 Å². The van der Waals surface area contributed by atoms with E-state index in [4.69, 9.17) is 19.3 Å². The zero-order valence-corrected chi connectivity index (χ0v) is 11.3. The maximum absolute atomic E-state index is 10.9. The van der Waals surface area contributed by atoms with Crippen molar-refractivity contribution in [2.24, 2.45) is 0 Å². The van der Waals surface area contributed by atoms with Crippen molar-refractivity contribution in [3.05, 3.63) is 24.3 Å². The number of carbonyl (C=O) groups is 1. The van der Waals surface area contributed by atoms with E-state index in [1.807, 2.05) is 25.1 Å². The van der Waals surface area contributed by atoms with Gasteiger partial charge in [0.1, 0.15) is 0 Å². The minimum Gasteiger partial charge on any atom is -0.490 e. The van der Waals surface area contributed by atoms with Crippen molar-refractivity contribution in [1.29, 1.82) is 0 Å². The average molecular weight is 268 g/mol. The zero-order valence-electron chi connectivity index (χ0n) is 11.3. The van der Waals surface area contributed by atoms with Crippen LogP contribution in [-0.2, 0) is 9.53 Å². The van der Waals surface area contributed by atoms with Gasteiger partial charge in [0.2, 0.25) is 0 Å². The van der Waals surface area contributed by atoms with Gasteiger partial charge in [-0.3, -0.25) is 0 Å². The van der Waals surface area contributed by atoms with Crippen LogP contribution in [0.25, 0.3) is 0 Å². The van der Waals surface area contributed by atoms with Gasteiger partial charge in [0.05, 0.1) is 13.2 Å². The Morgan fingerprint density at radius 2 is 1.79 bits per heavy atom. The summed E-state index contributed by atoms with van der Waals surface area (Å²) in [4.78, 5) is 10.9. The van der Waals surface area contributed by atoms with Crippen LogP contribution in [0.5, 0.6) is 11.5 Å². The summed E-state index contributed by atoms with van der Waals surface area (Å²) in [6.07, 6.45) is -0.534. The second-order valence-electron chi connectivity index (χ2n) is 3.80. The van der Waals surface area contributed by atoms with E-state index in [1.165, 1.54) is 0 Å². The molecule has 19 heavy (non-hydrogen) atoms. The third-order valence-corrected chi connectivity index (χ3v) is 2.43. The van der Waals surface area contributed by atoms with Gasteiger partial charge in [0.25, 0.3) is 0 Å². The van der Waals surface area contributed by atoms with Gasteiger partial charge in [-0.1, -0.05) is 12.1 Å². The van der Waals surface area contributed by atoms with Crippen LogP contribution < -0.4 is 9.47 Å². The Balaban J connectivity index is 2.50. The Labute approximate surface area is 113 Å². The van der Waals surface area contributed by atoms with Crippen molar-refractivity contribution >= 4 is 5.97 Å². The molecule has 1 aromatic carbocycles. The zero-order chi connectivity index (χ0) is 14.1. The molecule has 1 unspecified atom stereocenters. The molecular formula is C14H20O5. The first-order valence-corrected chi connectivity index (χ1v) is 6.38. The van der Waals surface area contributed by atoms with E-state index < -0.39 is 12.1 Å². The van der Waals surface area contributed by atoms with Crippen LogP contribution in [0.3, 0.4) is 0 Å². The molecule has 0 aliphatic rings. The van der Waals surface area contributed by atoms with Crippen LogP contribution in [-0.4, -0.2) is 37.0 Å². The quantitative estimate of drug-likeness (QED) is 0.744. The maximum Gasteiger partial charge on any atom is 0.332 e. The molecule has 0 bridgehead atoms. The highest BCUT2D eigenvalue weighted by Crippen LogP contribution is 2.26. The number of carboxylic acid groups (broad SMARTS) is 1. The molecule has 0 spiro atoms. The number of aliphatic carboxylic acids is 1. The van der Waals surface area contributed by atoms with Gasteiger partial charge >= 0.3 is 5.97 Å². The SMILES string of the molecule is CCOc1ccccc1OCCC(OCC)C(=O)O. The van der Waals surface area contributed by atoms with Crippen molar-refractivity contribution in [1.82, 2.24) is 0 Å². The molecule has 5 heteroatoms. The van der Waals surface area contributed by atoms with E-state index in [-0.39, 0.29) is 6.61 Å². The summed E-state index contributed by atoms with van der Waals surface area (Å²) in [5, 5.41) is 8.94. The van der Waals surface area contributed by atoms with Gasteiger partial charge in [-0.25, -0.2) is 4.79 Å². The van der Waals surface area contributed by atoms with Crippen LogP contribution in [0.4, 0.5) is 0 Å². The molecule has 0 saturated carbocycles. The van der Waals surface area contributed by atoms with E-state index in [2.05, 4.69) is 0 Å². The van der Waals surface area contributed by atoms with Crippen LogP contribution in [0.15, 0.2) is 24.3 Å². The van der Waals surface area contributed by atoms with Gasteiger partial charge in [-0.2, -0.15) is 0 Å². The monoisotopic (exact) mass is 268 g/mol. The van der Waals surface area contributed by atoms with E-state index in [0.717, 1.165) is 0 Å². The normalized spacial score (nSPS) is 11.9. The molecule has 1 rings (SSSR count). The summed E-state index contributed by atoms with van der Waals surface area (Å²) in [6, 6.07) is 7.31. The van der Waals surface area contributed by atoms with Gasteiger partial charge in [-0.05, 0) is 26.0 Å². The third-order valence-electron chi connectivity index (χ3n) is 2.43. The maximum atomic E-state index is 10.9. The molecule has 1 atom stereocenters. The highest BCUT2D eigenvalue weighted by Gasteiger charge is 2.17. The summed E-state index contributed by atoms with van der Waals surface area (Å²) in [5.74, 6) is 0.307. The number of hydrogen-bond acceptors (Lipinski definition) is 4. The Morgan fingerprint density at radius 3 is 2.32 bits per heavy atom. The lowest BCUT2D eigenvalue weighted by Gasteiger charge is -2.14. The first-order chi connectivity index (χ1) is 9.19. The number of carboxylic acids is 1. The van der Waals surface area contributed by atoms with Gasteiger partial charge < -0.3 is 19.3 Å². The first kappa shape index (κ1) is 15.3. The second-order valence-corrected chi connectivity index (χ2v) is 3.80. The van der Waals surface area contributed by atoms with Crippen LogP contribution in [0.1, 0.15) is 20.3 Å². The summed E-state index contributed by atoms with van der Waals surface area (Å²) in [5.41, 5.74) is 0. The van der Waals surface area contributed by atoms with Gasteiger partial charge in [-0.15, -0.1) is 0 Å². The minimum atomic E-state index is -0.969. The van der Waals surface area contributed by atoms with E-state index >= 15 is 0 Å². The second kappa shape index (κ2) is 8.37. The Hall–Kier alpha value is -1.75. The van der Waals surface area contributed by atoms with Crippen molar-refractivity contribution in [2.45, 2.75) is 26.4 Å². The fraction of sp³-hybridized carbons (Fsp3) is 0.500. The number of benzene rings is 1. The van der Waals surface area contributed by atoms with Crippen LogP contribution >= 0.6 is 0 Å². The van der Waals surface area contributed by atoms with Crippen molar-refractivity contribution < 1.29 is 24.1 Å². The molecule has 0 aliphatic carbocycles. The van der Waals surface area contributed by atoms with E-state index in [9.17, 15) is 4.79 Å². The van der Waals surface area contributed by atoms with Crippen LogP contribution in [0, 0.1) is 0 Å². The molecule has 0 saturated heterocycles. The number of rotatable bonds is 9. The molecule has 106 valence electrons. The molecule has 0 amide bonds. The molecule has 1 N–H and O–H groups in total. The van der Waals surface area contributed by atoms with E-state index in [0.29, 0.717) is 31.1 Å². The molecule has 0 heterocycles. The third kappa shape index (κ3) is 5.18. The lowest BCUT2D eigenvalue weighted by atomic mass is 10.2. The topological polar surface area (TPSA) is 65.0 Å².